The molecular formula is C25H32Cl2N4O. The molecular weight excluding hydrogens is 443 g/mol. The van der Waals surface area contributed by atoms with Crippen LogP contribution in [0.3, 0.4) is 0 Å². The van der Waals surface area contributed by atoms with Crippen molar-refractivity contribution in [1.82, 2.24) is 19.6 Å². The lowest BCUT2D eigenvalue weighted by molar-refractivity contribution is -0.137. The molecule has 2 aliphatic rings. The molecule has 0 bridgehead atoms. The van der Waals surface area contributed by atoms with Crippen LogP contribution in [0.4, 0.5) is 0 Å². The molecule has 1 atom stereocenters. The molecule has 32 heavy (non-hydrogen) atoms. The maximum Gasteiger partial charge on any atom is 0.225 e. The average Bonchev–Trinajstić information content (AvgIpc) is 3.06. The second-order valence-corrected chi connectivity index (χ2v) is 8.74. The summed E-state index contributed by atoms with van der Waals surface area (Å²) >= 11 is 0. The number of carbonyl (C=O) groups is 1. The van der Waals surface area contributed by atoms with Crippen LogP contribution in [0.5, 0.6) is 0 Å². The molecule has 1 N–H and O–H groups in total. The number of nitrogens with one attached hydrogen (secondary N) is 1. The van der Waals surface area contributed by atoms with E-state index < -0.39 is 0 Å². The SMILES string of the molecule is Cl.Cl.O=C(C1CCCNCC1)N1CCC(c2ccccc2)(c2cn3ccccc3n2)CC1. The van der Waals surface area contributed by atoms with Crippen LogP contribution in [0.1, 0.15) is 43.4 Å². The van der Waals surface area contributed by atoms with Gasteiger partial charge >= 0.3 is 0 Å². The van der Waals surface area contributed by atoms with Crippen molar-refractivity contribution in [3.05, 3.63) is 72.2 Å². The fourth-order valence-electron chi connectivity index (χ4n) is 5.25. The third-order valence-corrected chi connectivity index (χ3v) is 7.03. The zero-order valence-corrected chi connectivity index (χ0v) is 19.9. The van der Waals surface area contributed by atoms with Crippen molar-refractivity contribution < 1.29 is 4.79 Å². The van der Waals surface area contributed by atoms with Crippen LogP contribution in [-0.2, 0) is 10.2 Å². The van der Waals surface area contributed by atoms with Crippen molar-refractivity contribution in [2.24, 2.45) is 5.92 Å². The molecule has 172 valence electrons. The minimum atomic E-state index is -0.144. The number of rotatable bonds is 3. The maximum absolute atomic E-state index is 13.2. The summed E-state index contributed by atoms with van der Waals surface area (Å²) in [5.41, 5.74) is 3.26. The molecule has 1 amide bonds. The molecule has 2 saturated heterocycles. The lowest BCUT2D eigenvalue weighted by atomic mass is 9.70. The van der Waals surface area contributed by atoms with Gasteiger partial charge in [0.25, 0.3) is 0 Å². The molecule has 0 spiro atoms. The Bertz CT molecular complexity index is 974. The van der Waals surface area contributed by atoms with Crippen LogP contribution in [0.15, 0.2) is 60.9 Å². The van der Waals surface area contributed by atoms with Gasteiger partial charge in [-0.05, 0) is 62.9 Å². The largest absolute Gasteiger partial charge is 0.342 e. The van der Waals surface area contributed by atoms with Gasteiger partial charge in [-0.2, -0.15) is 0 Å². The van der Waals surface area contributed by atoms with Gasteiger partial charge in [0.05, 0.1) is 5.69 Å². The fourth-order valence-corrected chi connectivity index (χ4v) is 5.25. The molecule has 2 fully saturated rings. The highest BCUT2D eigenvalue weighted by Gasteiger charge is 2.41. The van der Waals surface area contributed by atoms with Crippen molar-refractivity contribution in [2.75, 3.05) is 26.2 Å². The molecule has 7 heteroatoms. The predicted octanol–water partition coefficient (Wildman–Crippen LogP) is 4.48. The molecule has 0 aliphatic carbocycles. The molecule has 5 nitrogen and oxygen atoms in total. The number of aromatic nitrogens is 2. The molecule has 5 rings (SSSR count). The Hall–Kier alpha value is -2.08. The second kappa shape index (κ2) is 10.7. The Morgan fingerprint density at radius 1 is 0.969 bits per heavy atom. The molecule has 2 aliphatic heterocycles. The van der Waals surface area contributed by atoms with Crippen LogP contribution in [0.2, 0.25) is 0 Å². The highest BCUT2D eigenvalue weighted by Crippen LogP contribution is 2.41. The van der Waals surface area contributed by atoms with Crippen LogP contribution >= 0.6 is 24.8 Å². The van der Waals surface area contributed by atoms with Gasteiger partial charge in [-0.25, -0.2) is 4.98 Å². The molecule has 0 radical (unpaired) electrons. The Balaban J connectivity index is 0.00000144. The number of benzene rings is 1. The van der Waals surface area contributed by atoms with E-state index >= 15 is 0 Å². The summed E-state index contributed by atoms with van der Waals surface area (Å²) in [6.45, 7) is 3.59. The normalized spacial score (nSPS) is 20.6. The number of nitrogens with zero attached hydrogens (tertiary/aromatic N) is 3. The van der Waals surface area contributed by atoms with E-state index in [9.17, 15) is 4.79 Å². The van der Waals surface area contributed by atoms with Crippen molar-refractivity contribution in [2.45, 2.75) is 37.5 Å². The number of likely N-dealkylation sites (tertiary alicyclic amines) is 1. The van der Waals surface area contributed by atoms with E-state index in [-0.39, 0.29) is 36.1 Å². The van der Waals surface area contributed by atoms with Crippen LogP contribution in [-0.4, -0.2) is 46.4 Å². The lowest BCUT2D eigenvalue weighted by Gasteiger charge is -2.42. The number of carbonyl (C=O) groups excluding carboxylic acids is 1. The first-order valence-electron chi connectivity index (χ1n) is 11.3. The summed E-state index contributed by atoms with van der Waals surface area (Å²) in [4.78, 5) is 20.3. The van der Waals surface area contributed by atoms with Crippen LogP contribution < -0.4 is 5.32 Å². The summed E-state index contributed by atoms with van der Waals surface area (Å²) in [5, 5.41) is 3.42. The molecule has 2 aromatic heterocycles. The van der Waals surface area contributed by atoms with E-state index in [1.54, 1.807) is 0 Å². The minimum Gasteiger partial charge on any atom is -0.342 e. The third-order valence-electron chi connectivity index (χ3n) is 7.03. The topological polar surface area (TPSA) is 49.6 Å². The number of pyridine rings is 1. The summed E-state index contributed by atoms with van der Waals surface area (Å²) in [6, 6.07) is 16.9. The van der Waals surface area contributed by atoms with E-state index in [1.807, 2.05) is 12.1 Å². The molecule has 0 saturated carbocycles. The van der Waals surface area contributed by atoms with Gasteiger partial charge in [0.2, 0.25) is 5.91 Å². The Labute approximate surface area is 202 Å². The van der Waals surface area contributed by atoms with E-state index in [1.165, 1.54) is 5.56 Å². The van der Waals surface area contributed by atoms with Gasteiger partial charge in [0.1, 0.15) is 5.65 Å². The van der Waals surface area contributed by atoms with Crippen LogP contribution in [0, 0.1) is 5.92 Å². The Morgan fingerprint density at radius 2 is 1.72 bits per heavy atom. The number of hydrogen-bond acceptors (Lipinski definition) is 3. The van der Waals surface area contributed by atoms with Gasteiger partial charge < -0.3 is 14.6 Å². The third kappa shape index (κ3) is 4.66. The lowest BCUT2D eigenvalue weighted by Crippen LogP contribution is -2.47. The summed E-state index contributed by atoms with van der Waals surface area (Å²) in [7, 11) is 0. The second-order valence-electron chi connectivity index (χ2n) is 8.74. The monoisotopic (exact) mass is 474 g/mol. The molecule has 1 aromatic carbocycles. The quantitative estimate of drug-likeness (QED) is 0.608. The zero-order chi connectivity index (χ0) is 20.4. The van der Waals surface area contributed by atoms with Gasteiger partial charge in [-0.1, -0.05) is 36.4 Å². The van der Waals surface area contributed by atoms with Crippen molar-refractivity contribution in [3.63, 3.8) is 0 Å². The van der Waals surface area contributed by atoms with E-state index in [2.05, 4.69) is 63.4 Å². The highest BCUT2D eigenvalue weighted by atomic mass is 35.5. The Kier molecular flexibility index (Phi) is 8.21. The van der Waals surface area contributed by atoms with E-state index in [0.29, 0.717) is 5.91 Å². The first-order chi connectivity index (χ1) is 14.8. The van der Waals surface area contributed by atoms with Crippen molar-refractivity contribution in [3.8, 4) is 0 Å². The van der Waals surface area contributed by atoms with Crippen molar-refractivity contribution >= 4 is 36.4 Å². The number of fused-ring (bicyclic) bond motifs is 1. The zero-order valence-electron chi connectivity index (χ0n) is 18.3. The molecule has 4 heterocycles. The van der Waals surface area contributed by atoms with Crippen molar-refractivity contribution in [1.29, 1.82) is 0 Å². The van der Waals surface area contributed by atoms with Gasteiger partial charge in [0.15, 0.2) is 0 Å². The fraction of sp³-hybridized carbons (Fsp3) is 0.440. The number of imidazole rings is 1. The first-order valence-corrected chi connectivity index (χ1v) is 11.3. The smallest absolute Gasteiger partial charge is 0.225 e. The number of halogens is 2. The highest BCUT2D eigenvalue weighted by molar-refractivity contribution is 5.85. The number of amides is 1. The summed E-state index contributed by atoms with van der Waals surface area (Å²) < 4.78 is 2.11. The standard InChI is InChI=1S/C25H30N4O.2ClH/c30-24(20-7-6-14-26-15-11-20)28-17-12-25(13-18-28,21-8-2-1-3-9-21)22-19-29-16-5-4-10-23(29)27-22;;/h1-5,8-10,16,19-20,26H,6-7,11-15,17-18H2;2*1H. The number of piperidine rings is 1. The predicted molar refractivity (Wildman–Crippen MR) is 133 cm³/mol. The minimum absolute atomic E-state index is 0. The van der Waals surface area contributed by atoms with E-state index in [4.69, 9.17) is 4.98 Å². The molecule has 3 aromatic rings. The maximum atomic E-state index is 13.2. The van der Waals surface area contributed by atoms with Gasteiger partial charge in [-0.3, -0.25) is 4.79 Å². The molecule has 1 unspecified atom stereocenters. The van der Waals surface area contributed by atoms with Gasteiger partial charge in [-0.15, -0.1) is 24.8 Å². The number of hydrogen-bond donors (Lipinski definition) is 1. The van der Waals surface area contributed by atoms with E-state index in [0.717, 1.165) is 69.6 Å². The van der Waals surface area contributed by atoms with Crippen LogP contribution in [0.25, 0.3) is 5.65 Å². The average molecular weight is 475 g/mol. The first kappa shape index (κ1) is 24.6. The summed E-state index contributed by atoms with van der Waals surface area (Å²) in [5.74, 6) is 0.537. The Morgan fingerprint density at radius 3 is 2.47 bits per heavy atom. The summed E-state index contributed by atoms with van der Waals surface area (Å²) in [6.07, 6.45) is 9.14. The van der Waals surface area contributed by atoms with Gasteiger partial charge in [0, 0.05) is 36.8 Å².